The Morgan fingerprint density at radius 1 is 0.159 bits per heavy atom. The van der Waals surface area contributed by atoms with E-state index in [2.05, 4.69) is 290 Å². The van der Waals surface area contributed by atoms with E-state index in [0.717, 1.165) is 22.6 Å². The fourth-order valence-corrected chi connectivity index (χ4v) is 10.0. The largest absolute Gasteiger partial charge is 0.311 e. The van der Waals surface area contributed by atoms with Crippen molar-refractivity contribution in [2.75, 3.05) is 4.90 Å². The Hall–Kier alpha value is -9.04. The van der Waals surface area contributed by atoms with Gasteiger partial charge < -0.3 is 4.90 Å². The number of anilines is 3. The molecular weight excluding hydrogens is 831 g/mol. The van der Waals surface area contributed by atoms with E-state index in [1.54, 1.807) is 0 Å². The molecule has 0 bridgehead atoms. The molecule has 0 unspecified atom stereocenters. The molecule has 0 heterocycles. The average molecular weight is 878 g/mol. The van der Waals surface area contributed by atoms with Crippen LogP contribution in [0.4, 0.5) is 17.1 Å². The molecule has 1 heteroatoms. The highest BCUT2D eigenvalue weighted by atomic mass is 15.1. The highest BCUT2D eigenvalue weighted by Gasteiger charge is 2.19. The summed E-state index contributed by atoms with van der Waals surface area (Å²) in [4.78, 5) is 2.36. The van der Waals surface area contributed by atoms with E-state index in [0.29, 0.717) is 0 Å². The van der Waals surface area contributed by atoms with Gasteiger partial charge in [0.25, 0.3) is 0 Å². The van der Waals surface area contributed by atoms with Crippen LogP contribution in [0, 0.1) is 0 Å². The van der Waals surface area contributed by atoms with Gasteiger partial charge >= 0.3 is 0 Å². The second kappa shape index (κ2) is 18.3. The van der Waals surface area contributed by atoms with Gasteiger partial charge in [0, 0.05) is 17.1 Å². The van der Waals surface area contributed by atoms with Gasteiger partial charge in [0.2, 0.25) is 0 Å². The minimum absolute atomic E-state index is 1.08. The van der Waals surface area contributed by atoms with Crippen molar-refractivity contribution >= 4 is 38.6 Å². The zero-order chi connectivity index (χ0) is 45.9. The van der Waals surface area contributed by atoms with Crippen LogP contribution in [0.5, 0.6) is 0 Å². The Morgan fingerprint density at radius 3 is 0.783 bits per heavy atom. The minimum atomic E-state index is 1.08. The van der Waals surface area contributed by atoms with Crippen molar-refractivity contribution in [2.24, 2.45) is 0 Å². The van der Waals surface area contributed by atoms with Gasteiger partial charge in [0.1, 0.15) is 0 Å². The fourth-order valence-electron chi connectivity index (χ4n) is 10.0. The Labute approximate surface area is 404 Å². The first-order valence-electron chi connectivity index (χ1n) is 23.7. The predicted octanol–water partition coefficient (Wildman–Crippen LogP) is 19.1. The molecule has 0 saturated heterocycles. The van der Waals surface area contributed by atoms with Crippen LogP contribution in [0.25, 0.3) is 99.4 Å². The summed E-state index contributed by atoms with van der Waals surface area (Å²) in [6, 6.07) is 103. The Bertz CT molecular complexity index is 3550. The van der Waals surface area contributed by atoms with Crippen LogP contribution in [0.1, 0.15) is 0 Å². The first-order chi connectivity index (χ1) is 34.2. The van der Waals surface area contributed by atoms with Crippen molar-refractivity contribution in [3.63, 3.8) is 0 Å². The third-order valence-electron chi connectivity index (χ3n) is 13.5. The van der Waals surface area contributed by atoms with Crippen LogP contribution < -0.4 is 4.90 Å². The molecule has 324 valence electrons. The highest BCUT2D eigenvalue weighted by molar-refractivity contribution is 6.22. The van der Waals surface area contributed by atoms with Crippen molar-refractivity contribution in [3.05, 3.63) is 285 Å². The lowest BCUT2D eigenvalue weighted by atomic mass is 9.84. The number of benzene rings is 12. The molecular formula is C68H47N. The molecule has 12 aromatic rings. The Kier molecular flexibility index (Phi) is 11.0. The maximum atomic E-state index is 2.40. The van der Waals surface area contributed by atoms with E-state index >= 15 is 0 Å². The molecule has 0 spiro atoms. The van der Waals surface area contributed by atoms with Crippen molar-refractivity contribution in [3.8, 4) is 77.9 Å². The average Bonchev–Trinajstić information content (AvgIpc) is 3.44. The third kappa shape index (κ3) is 8.18. The van der Waals surface area contributed by atoms with Gasteiger partial charge in [-0.25, -0.2) is 0 Å². The van der Waals surface area contributed by atoms with Crippen LogP contribution in [0.15, 0.2) is 285 Å². The summed E-state index contributed by atoms with van der Waals surface area (Å²) >= 11 is 0. The number of hydrogen-bond donors (Lipinski definition) is 0. The summed E-state index contributed by atoms with van der Waals surface area (Å²) in [5, 5.41) is 5.01. The quantitative estimate of drug-likeness (QED) is 0.124. The molecule has 0 amide bonds. The maximum Gasteiger partial charge on any atom is 0.0462 e. The van der Waals surface area contributed by atoms with Gasteiger partial charge in [0.15, 0.2) is 0 Å². The number of hydrogen-bond acceptors (Lipinski definition) is 1. The summed E-state index contributed by atoms with van der Waals surface area (Å²) in [6.07, 6.45) is 0. The van der Waals surface area contributed by atoms with Crippen LogP contribution in [-0.4, -0.2) is 0 Å². The number of rotatable bonds is 10. The standard InChI is InChI=1S/C68H47N/c1-5-15-48(16-6-1)50-25-29-52(30-26-50)54-33-40-60(41-34-54)69(61-42-35-55(36-43-61)53-31-27-51(28-32-53)49-17-7-2-8-18-49)62-44-37-56(38-45-62)59-39-46-64-63-23-13-14-24-65(63)67(57-19-9-3-10-20-57)68(66(64)47-59)58-21-11-4-12-22-58/h1-47H. The summed E-state index contributed by atoms with van der Waals surface area (Å²) in [7, 11) is 0. The molecule has 0 saturated carbocycles. The van der Waals surface area contributed by atoms with Crippen molar-refractivity contribution in [1.82, 2.24) is 0 Å². The predicted molar refractivity (Wildman–Crippen MR) is 294 cm³/mol. The summed E-state index contributed by atoms with van der Waals surface area (Å²) < 4.78 is 0. The summed E-state index contributed by atoms with van der Waals surface area (Å²) in [5.41, 5.74) is 20.2. The van der Waals surface area contributed by atoms with E-state index in [1.807, 2.05) is 0 Å². The molecule has 0 N–H and O–H groups in total. The molecule has 0 atom stereocenters. The first-order valence-corrected chi connectivity index (χ1v) is 23.7. The Morgan fingerprint density at radius 2 is 0.406 bits per heavy atom. The van der Waals surface area contributed by atoms with Crippen LogP contribution >= 0.6 is 0 Å². The Balaban J connectivity index is 0.925. The van der Waals surface area contributed by atoms with Crippen LogP contribution in [0.3, 0.4) is 0 Å². The van der Waals surface area contributed by atoms with Crippen molar-refractivity contribution < 1.29 is 0 Å². The zero-order valence-electron chi connectivity index (χ0n) is 38.1. The molecule has 12 aromatic carbocycles. The van der Waals surface area contributed by atoms with Crippen molar-refractivity contribution in [1.29, 1.82) is 0 Å². The van der Waals surface area contributed by atoms with Gasteiger partial charge in [-0.3, -0.25) is 0 Å². The fraction of sp³-hybridized carbons (Fsp3) is 0. The molecule has 0 aliphatic heterocycles. The summed E-state index contributed by atoms with van der Waals surface area (Å²) in [5.74, 6) is 0. The summed E-state index contributed by atoms with van der Waals surface area (Å²) in [6.45, 7) is 0. The molecule has 1 nitrogen and oxygen atoms in total. The SMILES string of the molecule is c1ccc(-c2ccc(-c3ccc(N(c4ccc(-c5ccc(-c6ccccc6)cc5)cc4)c4ccc(-c5ccc6c(c5)c(-c5ccccc5)c(-c5ccccc5)c5ccccc56)cc4)cc3)cc2)cc1. The lowest BCUT2D eigenvalue weighted by molar-refractivity contribution is 1.28. The molecule has 0 aliphatic carbocycles. The van der Waals surface area contributed by atoms with E-state index in [9.17, 15) is 0 Å². The van der Waals surface area contributed by atoms with E-state index in [4.69, 9.17) is 0 Å². The molecule has 12 rings (SSSR count). The second-order valence-electron chi connectivity index (χ2n) is 17.7. The van der Waals surface area contributed by atoms with Gasteiger partial charge in [-0.1, -0.05) is 243 Å². The van der Waals surface area contributed by atoms with Gasteiger partial charge in [-0.2, -0.15) is 0 Å². The molecule has 69 heavy (non-hydrogen) atoms. The maximum absolute atomic E-state index is 2.40. The van der Waals surface area contributed by atoms with E-state index in [1.165, 1.54) is 93.9 Å². The minimum Gasteiger partial charge on any atom is -0.311 e. The van der Waals surface area contributed by atoms with Crippen molar-refractivity contribution in [2.45, 2.75) is 0 Å². The smallest absolute Gasteiger partial charge is 0.0462 e. The number of nitrogens with zero attached hydrogens (tertiary/aromatic N) is 1. The molecule has 0 aliphatic rings. The molecule has 0 aromatic heterocycles. The molecule has 0 fully saturated rings. The zero-order valence-corrected chi connectivity index (χ0v) is 38.1. The lowest BCUT2D eigenvalue weighted by Gasteiger charge is -2.26. The normalized spacial score (nSPS) is 11.2. The topological polar surface area (TPSA) is 3.24 Å². The first kappa shape index (κ1) is 41.4. The van der Waals surface area contributed by atoms with Gasteiger partial charge in [-0.15, -0.1) is 0 Å². The second-order valence-corrected chi connectivity index (χ2v) is 17.7. The highest BCUT2D eigenvalue weighted by Crippen LogP contribution is 2.46. The third-order valence-corrected chi connectivity index (χ3v) is 13.5. The lowest BCUT2D eigenvalue weighted by Crippen LogP contribution is -2.09. The van der Waals surface area contributed by atoms with Gasteiger partial charge in [-0.05, 0) is 142 Å². The van der Waals surface area contributed by atoms with Crippen LogP contribution in [-0.2, 0) is 0 Å². The monoisotopic (exact) mass is 877 g/mol. The number of fused-ring (bicyclic) bond motifs is 3. The van der Waals surface area contributed by atoms with Crippen LogP contribution in [0.2, 0.25) is 0 Å². The van der Waals surface area contributed by atoms with Gasteiger partial charge in [0.05, 0.1) is 0 Å². The molecule has 0 radical (unpaired) electrons. The van der Waals surface area contributed by atoms with E-state index < -0.39 is 0 Å². The van der Waals surface area contributed by atoms with E-state index in [-0.39, 0.29) is 0 Å².